The van der Waals surface area contributed by atoms with Crippen LogP contribution in [-0.4, -0.2) is 6.04 Å². The van der Waals surface area contributed by atoms with E-state index in [2.05, 4.69) is 11.4 Å². The van der Waals surface area contributed by atoms with E-state index in [9.17, 15) is 13.2 Å². The van der Waals surface area contributed by atoms with E-state index in [1.54, 1.807) is 6.07 Å². The van der Waals surface area contributed by atoms with Gasteiger partial charge in [0, 0.05) is 6.04 Å². The molecule has 1 saturated heterocycles. The second-order valence-electron chi connectivity index (χ2n) is 4.46. The summed E-state index contributed by atoms with van der Waals surface area (Å²) >= 11 is 0. The zero-order valence-electron chi connectivity index (χ0n) is 9.67. The van der Waals surface area contributed by atoms with Crippen LogP contribution in [0.5, 0.6) is 0 Å². The van der Waals surface area contributed by atoms with Crippen LogP contribution in [-0.2, 0) is 6.18 Å². The third-order valence-electron chi connectivity index (χ3n) is 3.16. The normalized spacial score (nSPS) is 24.6. The maximum Gasteiger partial charge on any atom is 0.416 e. The first kappa shape index (κ1) is 12.9. The van der Waals surface area contributed by atoms with Crippen LogP contribution in [0.4, 0.5) is 13.2 Å². The van der Waals surface area contributed by atoms with Gasteiger partial charge in [0.25, 0.3) is 0 Å². The zero-order chi connectivity index (χ0) is 13.2. The topological polar surface area (TPSA) is 35.8 Å². The summed E-state index contributed by atoms with van der Waals surface area (Å²) < 4.78 is 37.8. The first-order chi connectivity index (χ1) is 8.50. The van der Waals surface area contributed by atoms with E-state index in [1.807, 2.05) is 0 Å². The fourth-order valence-corrected chi connectivity index (χ4v) is 2.23. The lowest BCUT2D eigenvalue weighted by Crippen LogP contribution is -2.35. The van der Waals surface area contributed by atoms with Gasteiger partial charge in [-0.1, -0.05) is 12.1 Å². The summed E-state index contributed by atoms with van der Waals surface area (Å²) in [6, 6.07) is 7.00. The molecule has 1 N–H and O–H groups in total. The molecular formula is C13H13F3N2. The predicted octanol–water partition coefficient (Wildman–Crippen LogP) is 3.41. The molecule has 2 atom stereocenters. The highest BCUT2D eigenvalue weighted by Gasteiger charge is 2.31. The van der Waals surface area contributed by atoms with Crippen molar-refractivity contribution in [3.8, 4) is 6.07 Å². The van der Waals surface area contributed by atoms with E-state index in [0.717, 1.165) is 31.4 Å². The molecule has 0 bridgehead atoms. The van der Waals surface area contributed by atoms with E-state index in [1.165, 1.54) is 6.07 Å². The van der Waals surface area contributed by atoms with E-state index < -0.39 is 11.7 Å². The van der Waals surface area contributed by atoms with Gasteiger partial charge >= 0.3 is 6.18 Å². The molecule has 0 radical (unpaired) electrons. The Morgan fingerprint density at radius 1 is 1.28 bits per heavy atom. The minimum Gasteiger partial charge on any atom is -0.295 e. The number of benzene rings is 1. The van der Waals surface area contributed by atoms with Crippen LogP contribution >= 0.6 is 0 Å². The molecule has 2 rings (SSSR count). The van der Waals surface area contributed by atoms with Gasteiger partial charge in [-0.25, -0.2) is 0 Å². The SMILES string of the molecule is N#CC1CCCC(c2cccc(C(F)(F)F)c2)N1. The van der Waals surface area contributed by atoms with Gasteiger partial charge in [0.05, 0.1) is 17.7 Å². The molecule has 0 amide bonds. The number of rotatable bonds is 1. The molecule has 18 heavy (non-hydrogen) atoms. The molecule has 1 fully saturated rings. The molecule has 0 spiro atoms. The summed E-state index contributed by atoms with van der Waals surface area (Å²) in [6.07, 6.45) is -1.95. The van der Waals surface area contributed by atoms with Gasteiger partial charge in [-0.3, -0.25) is 5.32 Å². The van der Waals surface area contributed by atoms with Gasteiger partial charge in [0.1, 0.15) is 0 Å². The lowest BCUT2D eigenvalue weighted by atomic mass is 9.93. The Morgan fingerprint density at radius 3 is 2.72 bits per heavy atom. The van der Waals surface area contributed by atoms with Crippen molar-refractivity contribution in [2.45, 2.75) is 37.5 Å². The second-order valence-corrected chi connectivity index (χ2v) is 4.46. The number of nitriles is 1. The Morgan fingerprint density at radius 2 is 2.06 bits per heavy atom. The molecule has 0 saturated carbocycles. The first-order valence-electron chi connectivity index (χ1n) is 5.83. The average Bonchev–Trinajstić information content (AvgIpc) is 2.38. The summed E-state index contributed by atoms with van der Waals surface area (Å²) in [5, 5.41) is 11.9. The average molecular weight is 254 g/mol. The van der Waals surface area contributed by atoms with Gasteiger partial charge in [-0.05, 0) is 37.0 Å². The van der Waals surface area contributed by atoms with Crippen molar-refractivity contribution in [3.05, 3.63) is 35.4 Å². The summed E-state index contributed by atoms with van der Waals surface area (Å²) in [5.41, 5.74) is -0.0364. The van der Waals surface area contributed by atoms with Gasteiger partial charge in [0.2, 0.25) is 0 Å². The highest BCUT2D eigenvalue weighted by molar-refractivity contribution is 5.28. The second kappa shape index (κ2) is 4.99. The van der Waals surface area contributed by atoms with Crippen molar-refractivity contribution in [2.24, 2.45) is 0 Å². The van der Waals surface area contributed by atoms with E-state index in [4.69, 9.17) is 5.26 Å². The Hall–Kier alpha value is -1.54. The van der Waals surface area contributed by atoms with E-state index in [0.29, 0.717) is 5.56 Å². The van der Waals surface area contributed by atoms with Crippen molar-refractivity contribution >= 4 is 0 Å². The molecule has 1 aromatic rings. The summed E-state index contributed by atoms with van der Waals surface area (Å²) in [6.45, 7) is 0. The lowest BCUT2D eigenvalue weighted by molar-refractivity contribution is -0.137. The van der Waals surface area contributed by atoms with Crippen LogP contribution < -0.4 is 5.32 Å². The van der Waals surface area contributed by atoms with Crippen molar-refractivity contribution in [3.63, 3.8) is 0 Å². The lowest BCUT2D eigenvalue weighted by Gasteiger charge is -2.27. The molecule has 0 aromatic heterocycles. The first-order valence-corrected chi connectivity index (χ1v) is 5.83. The van der Waals surface area contributed by atoms with Crippen LogP contribution in [0.1, 0.15) is 36.4 Å². The van der Waals surface area contributed by atoms with Gasteiger partial charge < -0.3 is 0 Å². The van der Waals surface area contributed by atoms with Crippen molar-refractivity contribution in [1.82, 2.24) is 5.32 Å². The third-order valence-corrected chi connectivity index (χ3v) is 3.16. The maximum atomic E-state index is 12.6. The van der Waals surface area contributed by atoms with Crippen LogP contribution in [0.2, 0.25) is 0 Å². The van der Waals surface area contributed by atoms with Crippen LogP contribution in [0, 0.1) is 11.3 Å². The fraction of sp³-hybridized carbons (Fsp3) is 0.462. The van der Waals surface area contributed by atoms with Gasteiger partial charge in [-0.15, -0.1) is 0 Å². The Kier molecular flexibility index (Phi) is 3.58. The number of halogens is 3. The zero-order valence-corrected chi connectivity index (χ0v) is 9.67. The maximum absolute atomic E-state index is 12.6. The molecule has 1 aliphatic rings. The molecule has 2 unspecified atom stereocenters. The number of alkyl halides is 3. The molecule has 0 aliphatic carbocycles. The Balaban J connectivity index is 2.21. The third kappa shape index (κ3) is 2.82. The van der Waals surface area contributed by atoms with Crippen molar-refractivity contribution < 1.29 is 13.2 Å². The molecule has 1 aliphatic heterocycles. The highest BCUT2D eigenvalue weighted by Crippen LogP contribution is 2.32. The minimum absolute atomic E-state index is 0.161. The van der Waals surface area contributed by atoms with Gasteiger partial charge in [-0.2, -0.15) is 18.4 Å². The number of hydrogen-bond acceptors (Lipinski definition) is 2. The molecule has 96 valence electrons. The summed E-state index contributed by atoms with van der Waals surface area (Å²) in [5.74, 6) is 0. The summed E-state index contributed by atoms with van der Waals surface area (Å²) in [7, 11) is 0. The number of hydrogen-bond donors (Lipinski definition) is 1. The predicted molar refractivity (Wildman–Crippen MR) is 60.6 cm³/mol. The minimum atomic E-state index is -4.32. The highest BCUT2D eigenvalue weighted by atomic mass is 19.4. The van der Waals surface area contributed by atoms with Crippen LogP contribution in [0.25, 0.3) is 0 Å². The fourth-order valence-electron chi connectivity index (χ4n) is 2.23. The van der Waals surface area contributed by atoms with Crippen LogP contribution in [0.3, 0.4) is 0 Å². The van der Waals surface area contributed by atoms with Crippen LogP contribution in [0.15, 0.2) is 24.3 Å². The number of nitrogens with zero attached hydrogens (tertiary/aromatic N) is 1. The smallest absolute Gasteiger partial charge is 0.295 e. The number of nitrogens with one attached hydrogen (secondary N) is 1. The quantitative estimate of drug-likeness (QED) is 0.833. The van der Waals surface area contributed by atoms with E-state index in [-0.39, 0.29) is 12.1 Å². The molecule has 1 heterocycles. The molecule has 2 nitrogen and oxygen atoms in total. The standard InChI is InChI=1S/C13H13F3N2/c14-13(15,16)10-4-1-3-9(7-10)12-6-2-5-11(8-17)18-12/h1,3-4,7,11-12,18H,2,5-6H2. The van der Waals surface area contributed by atoms with Crippen molar-refractivity contribution in [1.29, 1.82) is 5.26 Å². The summed E-state index contributed by atoms with van der Waals surface area (Å²) in [4.78, 5) is 0. The van der Waals surface area contributed by atoms with Crippen molar-refractivity contribution in [2.75, 3.05) is 0 Å². The largest absolute Gasteiger partial charge is 0.416 e. The molecule has 5 heteroatoms. The Bertz CT molecular complexity index is 462. The van der Waals surface area contributed by atoms with Gasteiger partial charge in [0.15, 0.2) is 0 Å². The molecular weight excluding hydrogens is 241 g/mol. The van der Waals surface area contributed by atoms with E-state index >= 15 is 0 Å². The number of piperidine rings is 1. The monoisotopic (exact) mass is 254 g/mol. The molecule has 1 aromatic carbocycles. The Labute approximate surface area is 103 Å².